The van der Waals surface area contributed by atoms with E-state index in [0.29, 0.717) is 22.4 Å². The smallest absolute Gasteiger partial charge is 0.323 e. The lowest BCUT2D eigenvalue weighted by Crippen LogP contribution is -2.49. The van der Waals surface area contributed by atoms with Crippen molar-refractivity contribution in [3.05, 3.63) is 65.2 Å². The van der Waals surface area contributed by atoms with E-state index in [1.807, 2.05) is 0 Å². The van der Waals surface area contributed by atoms with Gasteiger partial charge in [-0.25, -0.2) is 0 Å². The number of carboxylic acid groups (broad SMARTS) is 1. The minimum absolute atomic E-state index is 0.221. The van der Waals surface area contributed by atoms with Crippen LogP contribution in [0.5, 0.6) is 0 Å². The highest BCUT2D eigenvalue weighted by Crippen LogP contribution is 2.44. The quantitative estimate of drug-likeness (QED) is 0.919. The summed E-state index contributed by atoms with van der Waals surface area (Å²) in [6, 6.07) is 13.8. The van der Waals surface area contributed by atoms with Crippen LogP contribution in [0.4, 0.5) is 5.69 Å². The standard InChI is InChI=1S/C17H12N2O4/c20-14(21)9-18-15-10-5-1-2-6-11(10)17(23)19(15)13-8-4-3-7-12(13)16(18)22/h1-8,15H,9H2,(H,20,21)/t15-/m1/s1. The molecule has 4 rings (SSSR count). The minimum atomic E-state index is -1.12. The number of carbonyl (C=O) groups is 3. The molecular weight excluding hydrogens is 296 g/mol. The number of hydrogen-bond acceptors (Lipinski definition) is 3. The Labute approximate surface area is 131 Å². The van der Waals surface area contributed by atoms with Gasteiger partial charge in [-0.3, -0.25) is 19.3 Å². The summed E-state index contributed by atoms with van der Waals surface area (Å²) in [6.07, 6.45) is -0.711. The largest absolute Gasteiger partial charge is 0.480 e. The first-order valence-electron chi connectivity index (χ1n) is 7.14. The summed E-state index contributed by atoms with van der Waals surface area (Å²) in [5.41, 5.74) is 2.01. The van der Waals surface area contributed by atoms with E-state index in [1.165, 1.54) is 9.80 Å². The molecule has 0 fully saturated rings. The zero-order chi connectivity index (χ0) is 16.1. The highest BCUT2D eigenvalue weighted by molar-refractivity contribution is 6.17. The number of rotatable bonds is 2. The molecule has 2 aliphatic rings. The summed E-state index contributed by atoms with van der Waals surface area (Å²) in [5.74, 6) is -1.72. The van der Waals surface area contributed by atoms with Crippen LogP contribution in [-0.2, 0) is 4.79 Å². The molecule has 1 atom stereocenters. The molecule has 23 heavy (non-hydrogen) atoms. The molecule has 2 aliphatic heterocycles. The van der Waals surface area contributed by atoms with E-state index in [4.69, 9.17) is 5.11 Å². The van der Waals surface area contributed by atoms with Gasteiger partial charge in [0.05, 0.1) is 11.3 Å². The molecular formula is C17H12N2O4. The Morgan fingerprint density at radius 2 is 1.61 bits per heavy atom. The Morgan fingerprint density at radius 3 is 2.35 bits per heavy atom. The molecule has 2 aromatic rings. The second-order valence-electron chi connectivity index (χ2n) is 5.48. The van der Waals surface area contributed by atoms with Gasteiger partial charge in [-0.15, -0.1) is 0 Å². The van der Waals surface area contributed by atoms with E-state index >= 15 is 0 Å². The van der Waals surface area contributed by atoms with Gasteiger partial charge in [0.2, 0.25) is 0 Å². The monoisotopic (exact) mass is 308 g/mol. The van der Waals surface area contributed by atoms with E-state index in [1.54, 1.807) is 48.5 Å². The fourth-order valence-corrected chi connectivity index (χ4v) is 3.28. The van der Waals surface area contributed by atoms with Crippen LogP contribution in [0.3, 0.4) is 0 Å². The van der Waals surface area contributed by atoms with Gasteiger partial charge in [0.25, 0.3) is 11.8 Å². The molecule has 6 nitrogen and oxygen atoms in total. The van der Waals surface area contributed by atoms with Crippen LogP contribution < -0.4 is 4.90 Å². The summed E-state index contributed by atoms with van der Waals surface area (Å²) >= 11 is 0. The fraction of sp³-hybridized carbons (Fsp3) is 0.118. The van der Waals surface area contributed by atoms with Crippen molar-refractivity contribution in [2.24, 2.45) is 0 Å². The van der Waals surface area contributed by atoms with E-state index < -0.39 is 18.7 Å². The lowest BCUT2D eigenvalue weighted by molar-refractivity contribution is -0.138. The first kappa shape index (κ1) is 13.5. The van der Waals surface area contributed by atoms with Gasteiger partial charge in [-0.1, -0.05) is 30.3 Å². The lowest BCUT2D eigenvalue weighted by atomic mass is 10.0. The normalized spacial score (nSPS) is 18.5. The van der Waals surface area contributed by atoms with Gasteiger partial charge in [-0.2, -0.15) is 0 Å². The first-order chi connectivity index (χ1) is 11.1. The summed E-state index contributed by atoms with van der Waals surface area (Å²) < 4.78 is 0. The predicted octanol–water partition coefficient (Wildman–Crippen LogP) is 1.89. The van der Waals surface area contributed by atoms with Gasteiger partial charge in [0.1, 0.15) is 12.7 Å². The van der Waals surface area contributed by atoms with Crippen LogP contribution in [0.15, 0.2) is 48.5 Å². The number of aliphatic carboxylic acids is 1. The molecule has 2 aromatic carbocycles. The van der Waals surface area contributed by atoms with Gasteiger partial charge in [0.15, 0.2) is 0 Å². The Bertz CT molecular complexity index is 861. The molecule has 0 saturated heterocycles. The number of anilines is 1. The SMILES string of the molecule is O=C(O)CN1C(=O)c2ccccc2N2C(=O)c3ccccc3[C@H]12. The van der Waals surface area contributed by atoms with Gasteiger partial charge < -0.3 is 10.0 Å². The molecule has 6 heteroatoms. The average molecular weight is 308 g/mol. The van der Waals surface area contributed by atoms with Crippen molar-refractivity contribution in [2.45, 2.75) is 6.17 Å². The maximum absolute atomic E-state index is 12.8. The minimum Gasteiger partial charge on any atom is -0.480 e. The van der Waals surface area contributed by atoms with Gasteiger partial charge in [0, 0.05) is 11.1 Å². The number of carbonyl (C=O) groups excluding carboxylic acids is 2. The van der Waals surface area contributed by atoms with Crippen molar-refractivity contribution < 1.29 is 19.5 Å². The molecule has 0 spiro atoms. The number of nitrogens with zero attached hydrogens (tertiary/aromatic N) is 2. The second kappa shape index (κ2) is 4.67. The van der Waals surface area contributed by atoms with Crippen LogP contribution in [0.25, 0.3) is 0 Å². The van der Waals surface area contributed by atoms with Gasteiger partial charge >= 0.3 is 5.97 Å². The van der Waals surface area contributed by atoms with Crippen molar-refractivity contribution >= 4 is 23.5 Å². The predicted molar refractivity (Wildman–Crippen MR) is 81.1 cm³/mol. The van der Waals surface area contributed by atoms with Crippen LogP contribution >= 0.6 is 0 Å². The molecule has 0 saturated carbocycles. The molecule has 1 N–H and O–H groups in total. The molecule has 2 amide bonds. The Kier molecular flexibility index (Phi) is 2.74. The van der Waals surface area contributed by atoms with Gasteiger partial charge in [-0.05, 0) is 18.2 Å². The first-order valence-corrected chi connectivity index (χ1v) is 7.14. The number of benzene rings is 2. The fourth-order valence-electron chi connectivity index (χ4n) is 3.28. The summed E-state index contributed by atoms with van der Waals surface area (Å²) in [6.45, 7) is -0.462. The Morgan fingerprint density at radius 1 is 0.957 bits per heavy atom. The third-order valence-electron chi connectivity index (χ3n) is 4.19. The summed E-state index contributed by atoms with van der Waals surface area (Å²) in [7, 11) is 0. The van der Waals surface area contributed by atoms with Crippen LogP contribution in [-0.4, -0.2) is 34.3 Å². The van der Waals surface area contributed by atoms with Crippen molar-refractivity contribution in [3.63, 3.8) is 0 Å². The molecule has 0 bridgehead atoms. The number of amides is 2. The molecule has 114 valence electrons. The molecule has 0 aliphatic carbocycles. The Hall–Kier alpha value is -3.15. The number of carboxylic acids is 1. The topological polar surface area (TPSA) is 77.9 Å². The van der Waals surface area contributed by atoms with Crippen LogP contribution in [0.2, 0.25) is 0 Å². The lowest BCUT2D eigenvalue weighted by Gasteiger charge is -2.40. The zero-order valence-corrected chi connectivity index (χ0v) is 12.0. The van der Waals surface area contributed by atoms with Crippen LogP contribution in [0.1, 0.15) is 32.4 Å². The van der Waals surface area contributed by atoms with Crippen molar-refractivity contribution in [2.75, 3.05) is 11.4 Å². The maximum atomic E-state index is 12.8. The number of hydrogen-bond donors (Lipinski definition) is 1. The molecule has 0 radical (unpaired) electrons. The number of para-hydroxylation sites is 1. The van der Waals surface area contributed by atoms with E-state index in [-0.39, 0.29) is 11.8 Å². The maximum Gasteiger partial charge on any atom is 0.323 e. The summed E-state index contributed by atoms with van der Waals surface area (Å²) in [4.78, 5) is 39.5. The highest BCUT2D eigenvalue weighted by Gasteiger charge is 2.47. The third-order valence-corrected chi connectivity index (χ3v) is 4.19. The van der Waals surface area contributed by atoms with Crippen molar-refractivity contribution in [1.82, 2.24) is 4.90 Å². The van der Waals surface area contributed by atoms with Crippen molar-refractivity contribution in [3.8, 4) is 0 Å². The molecule has 2 heterocycles. The van der Waals surface area contributed by atoms with Crippen molar-refractivity contribution in [1.29, 1.82) is 0 Å². The van der Waals surface area contributed by atoms with E-state index in [2.05, 4.69) is 0 Å². The number of fused-ring (bicyclic) bond motifs is 5. The third kappa shape index (κ3) is 1.78. The van der Waals surface area contributed by atoms with E-state index in [9.17, 15) is 14.4 Å². The van der Waals surface area contributed by atoms with Crippen LogP contribution in [0, 0.1) is 0 Å². The Balaban J connectivity index is 1.96. The molecule has 0 aromatic heterocycles. The average Bonchev–Trinajstić information content (AvgIpc) is 2.85. The molecule has 0 unspecified atom stereocenters. The second-order valence-corrected chi connectivity index (χ2v) is 5.48. The summed E-state index contributed by atoms with van der Waals surface area (Å²) in [5, 5.41) is 9.17. The van der Waals surface area contributed by atoms with E-state index in [0.717, 1.165) is 0 Å². The zero-order valence-electron chi connectivity index (χ0n) is 12.0. The highest BCUT2D eigenvalue weighted by atomic mass is 16.4.